The van der Waals surface area contributed by atoms with E-state index >= 15 is 0 Å². The molecule has 27 heavy (non-hydrogen) atoms. The molecular formula is C17H19ClN4O3S2. The molecular weight excluding hydrogens is 408 g/mol. The van der Waals surface area contributed by atoms with E-state index in [1.807, 2.05) is 13.0 Å². The fraction of sp³-hybridized carbons (Fsp3) is 0.412. The molecule has 10 heteroatoms. The van der Waals surface area contributed by atoms with Gasteiger partial charge in [-0.2, -0.15) is 0 Å². The lowest BCUT2D eigenvalue weighted by molar-refractivity contribution is -0.133. The lowest BCUT2D eigenvalue weighted by Gasteiger charge is -2.24. The second kappa shape index (κ2) is 8.37. The molecule has 7 nitrogen and oxygen atoms in total. The van der Waals surface area contributed by atoms with Crippen molar-refractivity contribution in [1.29, 1.82) is 0 Å². The van der Waals surface area contributed by atoms with Gasteiger partial charge in [0.05, 0.1) is 24.3 Å². The van der Waals surface area contributed by atoms with E-state index in [1.165, 1.54) is 35.8 Å². The number of amides is 3. The molecule has 0 saturated carbocycles. The monoisotopic (exact) mass is 426 g/mol. The molecule has 2 aromatic heterocycles. The van der Waals surface area contributed by atoms with Gasteiger partial charge in [-0.15, -0.1) is 11.3 Å². The normalized spacial score (nSPS) is 16.4. The van der Waals surface area contributed by atoms with Gasteiger partial charge in [0, 0.05) is 23.2 Å². The molecule has 144 valence electrons. The van der Waals surface area contributed by atoms with E-state index < -0.39 is 0 Å². The molecule has 1 aliphatic heterocycles. The Morgan fingerprint density at radius 3 is 2.81 bits per heavy atom. The Morgan fingerprint density at radius 2 is 2.15 bits per heavy atom. The van der Waals surface area contributed by atoms with Crippen molar-refractivity contribution in [3.8, 4) is 0 Å². The first-order valence-corrected chi connectivity index (χ1v) is 10.4. The quantitative estimate of drug-likeness (QED) is 0.767. The standard InChI is InChI=1S/C17H19ClN4O3S2/c1-9-11(16(25)21-17-20-7-14(18)27-17)6-13(26-9)12-4-3-5-22(12)15(24)8-19-10(2)23/h6-7,12H,3-5,8H2,1-2H3,(H,19,23)(H,20,21,25). The number of carbonyl (C=O) groups is 3. The Bertz CT molecular complexity index is 879. The van der Waals surface area contributed by atoms with Crippen LogP contribution in [0, 0.1) is 6.92 Å². The summed E-state index contributed by atoms with van der Waals surface area (Å²) in [5.74, 6) is -0.579. The fourth-order valence-electron chi connectivity index (χ4n) is 3.03. The van der Waals surface area contributed by atoms with Crippen LogP contribution < -0.4 is 10.6 Å². The second-order valence-corrected chi connectivity index (χ2v) is 9.15. The Balaban J connectivity index is 1.73. The number of halogens is 1. The number of likely N-dealkylation sites (tertiary alicyclic amines) is 1. The van der Waals surface area contributed by atoms with Crippen LogP contribution in [0.3, 0.4) is 0 Å². The van der Waals surface area contributed by atoms with Gasteiger partial charge in [0.15, 0.2) is 5.13 Å². The Hall–Kier alpha value is -1.97. The van der Waals surface area contributed by atoms with Gasteiger partial charge in [-0.1, -0.05) is 22.9 Å². The summed E-state index contributed by atoms with van der Waals surface area (Å²) in [5, 5.41) is 5.75. The van der Waals surface area contributed by atoms with E-state index in [2.05, 4.69) is 15.6 Å². The number of thiophene rings is 1. The first-order valence-electron chi connectivity index (χ1n) is 8.42. The lowest BCUT2D eigenvalue weighted by atomic mass is 10.1. The van der Waals surface area contributed by atoms with Gasteiger partial charge in [-0.3, -0.25) is 19.7 Å². The molecule has 0 bridgehead atoms. The minimum atomic E-state index is -0.241. The van der Waals surface area contributed by atoms with Gasteiger partial charge in [-0.05, 0) is 25.8 Å². The molecule has 0 aliphatic carbocycles. The number of thiazole rings is 1. The molecule has 2 N–H and O–H groups in total. The van der Waals surface area contributed by atoms with Crippen molar-refractivity contribution in [2.75, 3.05) is 18.4 Å². The molecule has 2 aromatic rings. The molecule has 0 radical (unpaired) electrons. The number of carbonyl (C=O) groups excluding carboxylic acids is 3. The number of nitrogens with zero attached hydrogens (tertiary/aromatic N) is 2. The number of nitrogens with one attached hydrogen (secondary N) is 2. The predicted octanol–water partition coefficient (Wildman–Crippen LogP) is 3.22. The highest BCUT2D eigenvalue weighted by atomic mass is 35.5. The molecule has 0 spiro atoms. The molecule has 0 aromatic carbocycles. The third kappa shape index (κ3) is 4.66. The smallest absolute Gasteiger partial charge is 0.258 e. The molecule has 3 heterocycles. The Labute approximate surface area is 169 Å². The number of aryl methyl sites for hydroxylation is 1. The molecule has 1 aliphatic rings. The third-order valence-corrected chi connectivity index (χ3v) is 6.45. The first kappa shape index (κ1) is 19.8. The van der Waals surface area contributed by atoms with Crippen molar-refractivity contribution in [2.45, 2.75) is 32.7 Å². The first-order chi connectivity index (χ1) is 12.8. The zero-order chi connectivity index (χ0) is 19.6. The number of hydrogen-bond acceptors (Lipinski definition) is 6. The van der Waals surface area contributed by atoms with E-state index in [4.69, 9.17) is 11.6 Å². The number of hydrogen-bond donors (Lipinski definition) is 2. The molecule has 3 amide bonds. The van der Waals surface area contributed by atoms with Crippen molar-refractivity contribution in [3.63, 3.8) is 0 Å². The highest BCUT2D eigenvalue weighted by Crippen LogP contribution is 2.37. The van der Waals surface area contributed by atoms with E-state index in [-0.39, 0.29) is 30.3 Å². The van der Waals surface area contributed by atoms with Crippen molar-refractivity contribution in [2.24, 2.45) is 0 Å². The predicted molar refractivity (Wildman–Crippen MR) is 107 cm³/mol. The molecule has 3 rings (SSSR count). The third-order valence-electron chi connectivity index (χ3n) is 4.27. The van der Waals surface area contributed by atoms with Crippen molar-refractivity contribution < 1.29 is 14.4 Å². The summed E-state index contributed by atoms with van der Waals surface area (Å²) in [6.45, 7) is 3.92. The topological polar surface area (TPSA) is 91.4 Å². The van der Waals surface area contributed by atoms with Crippen molar-refractivity contribution in [1.82, 2.24) is 15.2 Å². The van der Waals surface area contributed by atoms with Gasteiger partial charge in [0.25, 0.3) is 5.91 Å². The van der Waals surface area contributed by atoms with Gasteiger partial charge < -0.3 is 10.2 Å². The maximum Gasteiger partial charge on any atom is 0.258 e. The molecule has 1 unspecified atom stereocenters. The van der Waals surface area contributed by atoms with Crippen LogP contribution in [0.1, 0.15) is 45.9 Å². The summed E-state index contributed by atoms with van der Waals surface area (Å²) in [5.41, 5.74) is 0.572. The van der Waals surface area contributed by atoms with E-state index in [1.54, 1.807) is 4.90 Å². The zero-order valence-electron chi connectivity index (χ0n) is 14.9. The van der Waals surface area contributed by atoms with Crippen LogP contribution in [-0.4, -0.2) is 40.7 Å². The minimum Gasteiger partial charge on any atom is -0.347 e. The lowest BCUT2D eigenvalue weighted by Crippen LogP contribution is -2.39. The number of anilines is 1. The summed E-state index contributed by atoms with van der Waals surface area (Å²) in [6, 6.07) is 1.78. The van der Waals surface area contributed by atoms with Crippen molar-refractivity contribution >= 4 is 57.1 Å². The van der Waals surface area contributed by atoms with Crippen LogP contribution in [0.4, 0.5) is 5.13 Å². The van der Waals surface area contributed by atoms with Crippen LogP contribution >= 0.6 is 34.3 Å². The van der Waals surface area contributed by atoms with E-state index in [0.717, 1.165) is 22.6 Å². The average Bonchev–Trinajstić information content (AvgIpc) is 3.32. The summed E-state index contributed by atoms with van der Waals surface area (Å²) < 4.78 is 0.507. The van der Waals surface area contributed by atoms with Gasteiger partial charge >= 0.3 is 0 Å². The van der Waals surface area contributed by atoms with Crippen LogP contribution in [-0.2, 0) is 9.59 Å². The summed E-state index contributed by atoms with van der Waals surface area (Å²) in [6.07, 6.45) is 3.23. The van der Waals surface area contributed by atoms with Gasteiger partial charge in [-0.25, -0.2) is 4.98 Å². The van der Waals surface area contributed by atoms with Crippen LogP contribution in [0.5, 0.6) is 0 Å². The summed E-state index contributed by atoms with van der Waals surface area (Å²) >= 11 is 8.56. The maximum atomic E-state index is 12.6. The Kier molecular flexibility index (Phi) is 6.13. The molecule has 1 fully saturated rings. The highest BCUT2D eigenvalue weighted by Gasteiger charge is 2.32. The maximum absolute atomic E-state index is 12.6. The molecule has 1 saturated heterocycles. The number of rotatable bonds is 5. The summed E-state index contributed by atoms with van der Waals surface area (Å²) in [4.78, 5) is 43.7. The van der Waals surface area contributed by atoms with E-state index in [0.29, 0.717) is 21.6 Å². The van der Waals surface area contributed by atoms with Crippen LogP contribution in [0.15, 0.2) is 12.3 Å². The zero-order valence-corrected chi connectivity index (χ0v) is 17.3. The largest absolute Gasteiger partial charge is 0.347 e. The highest BCUT2D eigenvalue weighted by molar-refractivity contribution is 7.19. The van der Waals surface area contributed by atoms with Crippen LogP contribution in [0.2, 0.25) is 4.34 Å². The Morgan fingerprint density at radius 1 is 1.37 bits per heavy atom. The van der Waals surface area contributed by atoms with Gasteiger partial charge in [0.2, 0.25) is 11.8 Å². The molecule has 1 atom stereocenters. The van der Waals surface area contributed by atoms with E-state index in [9.17, 15) is 14.4 Å². The number of aromatic nitrogens is 1. The second-order valence-electron chi connectivity index (χ2n) is 6.20. The van der Waals surface area contributed by atoms with Crippen LogP contribution in [0.25, 0.3) is 0 Å². The summed E-state index contributed by atoms with van der Waals surface area (Å²) in [7, 11) is 0. The average molecular weight is 427 g/mol. The SMILES string of the molecule is CC(=O)NCC(=O)N1CCCC1c1cc(C(=O)Nc2ncc(Cl)s2)c(C)s1. The fourth-order valence-corrected chi connectivity index (χ4v) is 5.01. The minimum absolute atomic E-state index is 0.00561. The van der Waals surface area contributed by atoms with Gasteiger partial charge in [0.1, 0.15) is 4.34 Å². The van der Waals surface area contributed by atoms with Crippen molar-refractivity contribution in [3.05, 3.63) is 31.9 Å².